The van der Waals surface area contributed by atoms with Crippen LogP contribution in [-0.2, 0) is 17.7 Å². The Morgan fingerprint density at radius 1 is 0.575 bits per heavy atom. The molecule has 0 aliphatic carbocycles. The van der Waals surface area contributed by atoms with Crippen LogP contribution in [0, 0.1) is 0 Å². The molecule has 0 spiro atoms. The highest BCUT2D eigenvalue weighted by Crippen LogP contribution is 2.52. The standard InChI is InChI=1S/C36H45N2OP/c1-3-5-7-9-14-23-37-25-20-30(21-26-37)31-18-19-33-34-22-27-38(24-15-10-8-6-4-2)29-36(34)40(39,35(33)28-31)32-16-12-11-13-17-32/h11-13,16-22,25-29H,3-10,14-15,23-24H2,1-2H3/q+2. The monoisotopic (exact) mass is 552 g/mol. The molecule has 0 fully saturated rings. The minimum absolute atomic E-state index is 0.918. The molecule has 5 rings (SSSR count). The molecule has 0 radical (unpaired) electrons. The number of fused-ring (bicyclic) bond motifs is 3. The lowest BCUT2D eigenvalue weighted by atomic mass is 10.0. The van der Waals surface area contributed by atoms with Crippen molar-refractivity contribution in [1.29, 1.82) is 0 Å². The molecular weight excluding hydrogens is 507 g/mol. The first kappa shape index (κ1) is 28.5. The van der Waals surface area contributed by atoms with E-state index in [0.29, 0.717) is 0 Å². The zero-order valence-electron chi connectivity index (χ0n) is 24.4. The van der Waals surface area contributed by atoms with Gasteiger partial charge in [0.25, 0.3) is 0 Å². The Balaban J connectivity index is 1.43. The number of nitrogens with zero attached hydrogens (tertiary/aromatic N) is 2. The summed E-state index contributed by atoms with van der Waals surface area (Å²) < 4.78 is 19.8. The van der Waals surface area contributed by atoms with Gasteiger partial charge in [0, 0.05) is 47.2 Å². The van der Waals surface area contributed by atoms with Gasteiger partial charge >= 0.3 is 0 Å². The van der Waals surface area contributed by atoms with Gasteiger partial charge in [-0.25, -0.2) is 9.13 Å². The van der Waals surface area contributed by atoms with Crippen LogP contribution >= 0.6 is 7.14 Å². The molecule has 208 valence electrons. The number of aryl methyl sites for hydroxylation is 2. The minimum Gasteiger partial charge on any atom is -0.308 e. The first-order valence-corrected chi connectivity index (χ1v) is 17.2. The van der Waals surface area contributed by atoms with Gasteiger partial charge in [-0.05, 0) is 35.6 Å². The van der Waals surface area contributed by atoms with E-state index in [9.17, 15) is 0 Å². The molecule has 4 aromatic rings. The summed E-state index contributed by atoms with van der Waals surface area (Å²) in [7, 11) is -2.99. The second-order valence-corrected chi connectivity index (χ2v) is 14.0. The van der Waals surface area contributed by atoms with Crippen LogP contribution in [0.4, 0.5) is 0 Å². The average Bonchev–Trinajstić information content (AvgIpc) is 3.25. The number of pyridine rings is 2. The largest absolute Gasteiger partial charge is 0.308 e. The van der Waals surface area contributed by atoms with Crippen molar-refractivity contribution in [1.82, 2.24) is 0 Å². The fourth-order valence-corrected chi connectivity index (χ4v) is 9.09. The van der Waals surface area contributed by atoms with Crippen molar-refractivity contribution in [3.63, 3.8) is 0 Å². The quantitative estimate of drug-likeness (QED) is 0.0796. The van der Waals surface area contributed by atoms with Gasteiger partial charge in [0.2, 0.25) is 0 Å². The van der Waals surface area contributed by atoms with E-state index in [2.05, 4.69) is 84.2 Å². The third kappa shape index (κ3) is 6.16. The fraction of sp³-hybridized carbons (Fsp3) is 0.389. The number of hydrogen-bond acceptors (Lipinski definition) is 1. The molecule has 1 aliphatic heterocycles. The Kier molecular flexibility index (Phi) is 9.66. The van der Waals surface area contributed by atoms with Gasteiger partial charge in [-0.3, -0.25) is 0 Å². The summed E-state index contributed by atoms with van der Waals surface area (Å²) in [6, 6.07) is 23.3. The smallest absolute Gasteiger partial charge is 0.180 e. The van der Waals surface area contributed by atoms with E-state index in [-0.39, 0.29) is 0 Å². The third-order valence-corrected chi connectivity index (χ3v) is 11.5. The van der Waals surface area contributed by atoms with E-state index in [4.69, 9.17) is 0 Å². The van der Waals surface area contributed by atoms with Gasteiger partial charge < -0.3 is 4.57 Å². The van der Waals surface area contributed by atoms with Crippen LogP contribution in [-0.4, -0.2) is 0 Å². The first-order valence-electron chi connectivity index (χ1n) is 15.5. The molecule has 2 aromatic heterocycles. The van der Waals surface area contributed by atoms with E-state index >= 15 is 4.57 Å². The highest BCUT2D eigenvalue weighted by atomic mass is 31.2. The van der Waals surface area contributed by atoms with Gasteiger partial charge in [-0.2, -0.15) is 0 Å². The normalized spacial score (nSPS) is 15.7. The molecule has 0 saturated heterocycles. The summed E-state index contributed by atoms with van der Waals surface area (Å²) in [6.07, 6.45) is 21.4. The van der Waals surface area contributed by atoms with Crippen LogP contribution in [0.5, 0.6) is 0 Å². The molecule has 3 nitrogen and oxygen atoms in total. The van der Waals surface area contributed by atoms with Crippen molar-refractivity contribution in [3.05, 3.63) is 91.5 Å². The Morgan fingerprint density at radius 3 is 1.85 bits per heavy atom. The number of aromatic nitrogens is 2. The lowest BCUT2D eigenvalue weighted by molar-refractivity contribution is -0.697. The van der Waals surface area contributed by atoms with E-state index in [1.54, 1.807) is 0 Å². The molecular formula is C36H45N2OP+2. The summed E-state index contributed by atoms with van der Waals surface area (Å²) in [4.78, 5) is 0. The van der Waals surface area contributed by atoms with Crippen LogP contribution in [0.15, 0.2) is 91.5 Å². The summed E-state index contributed by atoms with van der Waals surface area (Å²) >= 11 is 0. The molecule has 4 heteroatoms. The van der Waals surface area contributed by atoms with Crippen LogP contribution in [0.2, 0.25) is 0 Å². The average molecular weight is 553 g/mol. The SMILES string of the molecule is CCCCCCC[n+]1ccc(-c2ccc3c(c2)P(=O)(c2ccccc2)c2c[n+](CCCCCCC)ccc2-3)cc1. The predicted molar refractivity (Wildman–Crippen MR) is 168 cm³/mol. The maximum Gasteiger partial charge on any atom is 0.180 e. The molecule has 1 atom stereocenters. The Bertz CT molecular complexity index is 1450. The van der Waals surface area contributed by atoms with E-state index in [1.807, 2.05) is 30.3 Å². The fourth-order valence-electron chi connectivity index (χ4n) is 5.98. The lowest BCUT2D eigenvalue weighted by Gasteiger charge is -2.15. The highest BCUT2D eigenvalue weighted by molar-refractivity contribution is 7.86. The Labute approximate surface area is 241 Å². The summed E-state index contributed by atoms with van der Waals surface area (Å²) in [6.45, 7) is 6.54. The lowest BCUT2D eigenvalue weighted by Crippen LogP contribution is -2.37. The van der Waals surface area contributed by atoms with Gasteiger partial charge in [-0.1, -0.05) is 94.8 Å². The molecule has 1 aliphatic rings. The van der Waals surface area contributed by atoms with Crippen molar-refractivity contribution in [3.8, 4) is 22.3 Å². The van der Waals surface area contributed by atoms with Crippen LogP contribution in [0.25, 0.3) is 22.3 Å². The minimum atomic E-state index is -2.99. The Hall–Kier alpha value is -3.03. The van der Waals surface area contributed by atoms with Crippen LogP contribution in [0.1, 0.15) is 78.1 Å². The Morgan fingerprint density at radius 2 is 1.18 bits per heavy atom. The zero-order chi connectivity index (χ0) is 27.8. The second-order valence-electron chi connectivity index (χ2n) is 11.3. The van der Waals surface area contributed by atoms with Crippen LogP contribution < -0.4 is 25.0 Å². The predicted octanol–water partition coefficient (Wildman–Crippen LogP) is 7.49. The van der Waals surface area contributed by atoms with E-state index in [0.717, 1.165) is 52.1 Å². The maximum absolute atomic E-state index is 15.2. The van der Waals surface area contributed by atoms with Gasteiger partial charge in [0.05, 0.1) is 5.30 Å². The van der Waals surface area contributed by atoms with Crippen molar-refractivity contribution < 1.29 is 13.7 Å². The van der Waals surface area contributed by atoms with Gasteiger partial charge in [0.1, 0.15) is 13.1 Å². The molecule has 0 N–H and O–H groups in total. The molecule has 1 unspecified atom stereocenters. The molecule has 2 aromatic carbocycles. The number of unbranched alkanes of at least 4 members (excludes halogenated alkanes) is 8. The third-order valence-electron chi connectivity index (χ3n) is 8.35. The number of benzene rings is 2. The summed E-state index contributed by atoms with van der Waals surface area (Å²) in [5, 5.41) is 2.87. The maximum atomic E-state index is 15.2. The van der Waals surface area contributed by atoms with E-state index in [1.165, 1.54) is 63.4 Å². The van der Waals surface area contributed by atoms with E-state index < -0.39 is 7.14 Å². The summed E-state index contributed by atoms with van der Waals surface area (Å²) in [5.74, 6) is 0. The van der Waals surface area contributed by atoms with Crippen molar-refractivity contribution >= 4 is 23.1 Å². The van der Waals surface area contributed by atoms with Gasteiger partial charge in [0.15, 0.2) is 31.9 Å². The topological polar surface area (TPSA) is 24.8 Å². The molecule has 0 bridgehead atoms. The number of hydrogen-bond donors (Lipinski definition) is 0. The molecule has 0 amide bonds. The first-order chi connectivity index (χ1) is 19.6. The van der Waals surface area contributed by atoms with Gasteiger partial charge in [-0.15, -0.1) is 0 Å². The molecule has 3 heterocycles. The van der Waals surface area contributed by atoms with Crippen LogP contribution in [0.3, 0.4) is 0 Å². The second kappa shape index (κ2) is 13.6. The molecule has 40 heavy (non-hydrogen) atoms. The van der Waals surface area contributed by atoms with Crippen molar-refractivity contribution in [2.24, 2.45) is 0 Å². The van der Waals surface area contributed by atoms with Crippen molar-refractivity contribution in [2.75, 3.05) is 0 Å². The molecule has 0 saturated carbocycles. The summed E-state index contributed by atoms with van der Waals surface area (Å²) in [5.41, 5.74) is 4.52. The highest BCUT2D eigenvalue weighted by Gasteiger charge is 2.42. The van der Waals surface area contributed by atoms with Crippen molar-refractivity contribution in [2.45, 2.75) is 91.1 Å². The zero-order valence-corrected chi connectivity index (χ0v) is 25.3. The number of rotatable bonds is 14.